The number of aromatic nitrogens is 2. The molecule has 0 amide bonds. The van der Waals surface area contributed by atoms with Crippen molar-refractivity contribution in [3.63, 3.8) is 0 Å². The third kappa shape index (κ3) is 3.70. The molecule has 1 N–H and O–H groups in total. The summed E-state index contributed by atoms with van der Waals surface area (Å²) >= 11 is 0. The minimum absolute atomic E-state index is 0.158. The number of esters is 1. The van der Waals surface area contributed by atoms with Gasteiger partial charge in [-0.25, -0.2) is 9.78 Å². The Morgan fingerprint density at radius 2 is 1.90 bits per heavy atom. The highest BCUT2D eigenvalue weighted by Crippen LogP contribution is 2.43. The van der Waals surface area contributed by atoms with Crippen molar-refractivity contribution in [2.75, 3.05) is 39.9 Å². The minimum atomic E-state index is -0.524. The van der Waals surface area contributed by atoms with Gasteiger partial charge in [-0.05, 0) is 37.3 Å². The molecule has 0 radical (unpaired) electrons. The van der Waals surface area contributed by atoms with Gasteiger partial charge in [-0.15, -0.1) is 0 Å². The van der Waals surface area contributed by atoms with Crippen molar-refractivity contribution < 1.29 is 23.7 Å². The van der Waals surface area contributed by atoms with Crippen LogP contribution in [0.4, 0.5) is 5.95 Å². The zero-order chi connectivity index (χ0) is 22.0. The molecule has 0 unspecified atom stereocenters. The number of nitrogens with one attached hydrogen (secondary N) is 1. The summed E-state index contributed by atoms with van der Waals surface area (Å²) in [6.07, 6.45) is 0. The Balaban J connectivity index is 1.94. The molecule has 0 aliphatic carbocycles. The number of methoxy groups -OCH3 is 3. The molecule has 1 aliphatic rings. The van der Waals surface area contributed by atoms with Crippen LogP contribution in [0.1, 0.15) is 18.5 Å². The molecule has 0 spiro atoms. The lowest BCUT2D eigenvalue weighted by Crippen LogP contribution is -2.29. The number of fused-ring (bicyclic) bond motifs is 3. The quantitative estimate of drug-likeness (QED) is 0.460. The molecule has 1 aromatic heterocycles. The predicted molar refractivity (Wildman–Crippen MR) is 117 cm³/mol. The number of para-hydroxylation sites is 2. The van der Waals surface area contributed by atoms with Crippen LogP contribution in [0.25, 0.3) is 11.0 Å². The van der Waals surface area contributed by atoms with Gasteiger partial charge in [-0.1, -0.05) is 12.1 Å². The lowest BCUT2D eigenvalue weighted by molar-refractivity contribution is -0.140. The number of carbonyl (C=O) groups is 1. The number of imidazole rings is 1. The second kappa shape index (κ2) is 8.69. The SMILES string of the molecule is COCCOC(=O)C1=C(C)Nc2nc3ccccc3n2[C@H]1c1cc(OC)ccc1OC. The Labute approximate surface area is 180 Å². The molecule has 8 heteroatoms. The highest BCUT2D eigenvalue weighted by atomic mass is 16.6. The van der Waals surface area contributed by atoms with Crippen LogP contribution in [0.2, 0.25) is 0 Å². The van der Waals surface area contributed by atoms with E-state index in [0.29, 0.717) is 35.3 Å². The standard InChI is InChI=1S/C23H25N3O5/c1-14-20(22(27)31-12-11-28-2)21(16-13-15(29-3)9-10-19(16)30-4)26-18-8-6-5-7-17(18)25-23(26)24-14/h5-10,13,21H,11-12H2,1-4H3,(H,24,25)/t21-/m0/s1. The molecule has 0 fully saturated rings. The summed E-state index contributed by atoms with van der Waals surface area (Å²) in [6.45, 7) is 2.32. The maximum atomic E-state index is 13.2. The van der Waals surface area contributed by atoms with Gasteiger partial charge in [0.2, 0.25) is 5.95 Å². The van der Waals surface area contributed by atoms with Crippen LogP contribution in [0.15, 0.2) is 53.7 Å². The molecule has 1 aliphatic heterocycles. The molecule has 2 aromatic carbocycles. The normalized spacial score (nSPS) is 15.4. The Morgan fingerprint density at radius 3 is 2.65 bits per heavy atom. The van der Waals surface area contributed by atoms with E-state index in [4.69, 9.17) is 23.9 Å². The van der Waals surface area contributed by atoms with Crippen LogP contribution in [0, 0.1) is 0 Å². The molecule has 31 heavy (non-hydrogen) atoms. The van der Waals surface area contributed by atoms with E-state index in [9.17, 15) is 4.79 Å². The number of carbonyl (C=O) groups excluding carboxylic acids is 1. The van der Waals surface area contributed by atoms with Crippen LogP contribution >= 0.6 is 0 Å². The number of allylic oxidation sites excluding steroid dienone is 1. The monoisotopic (exact) mass is 423 g/mol. The van der Waals surface area contributed by atoms with E-state index in [1.54, 1.807) is 21.3 Å². The first-order chi connectivity index (χ1) is 15.1. The summed E-state index contributed by atoms with van der Waals surface area (Å²) in [4.78, 5) is 17.9. The van der Waals surface area contributed by atoms with Gasteiger partial charge < -0.3 is 24.3 Å². The average Bonchev–Trinajstić information content (AvgIpc) is 3.15. The van der Waals surface area contributed by atoms with E-state index in [-0.39, 0.29) is 6.61 Å². The van der Waals surface area contributed by atoms with Gasteiger partial charge >= 0.3 is 5.97 Å². The summed E-state index contributed by atoms with van der Waals surface area (Å²) in [5, 5.41) is 3.26. The molecule has 4 rings (SSSR count). The summed E-state index contributed by atoms with van der Waals surface area (Å²) in [5.41, 5.74) is 3.61. The number of nitrogens with zero attached hydrogens (tertiary/aromatic N) is 2. The first kappa shape index (κ1) is 20.7. The van der Waals surface area contributed by atoms with E-state index in [2.05, 4.69) is 5.32 Å². The number of hydrogen-bond donors (Lipinski definition) is 1. The molecule has 162 valence electrons. The first-order valence-electron chi connectivity index (χ1n) is 9.91. The Hall–Kier alpha value is -3.52. The van der Waals surface area contributed by atoms with Crippen LogP contribution in [-0.4, -0.2) is 50.1 Å². The van der Waals surface area contributed by atoms with Crippen molar-refractivity contribution in [1.29, 1.82) is 0 Å². The minimum Gasteiger partial charge on any atom is -0.497 e. The summed E-state index contributed by atoms with van der Waals surface area (Å²) in [5.74, 6) is 1.50. The van der Waals surface area contributed by atoms with Crippen LogP contribution in [0.5, 0.6) is 11.5 Å². The molecule has 0 saturated carbocycles. The van der Waals surface area contributed by atoms with Crippen molar-refractivity contribution in [3.05, 3.63) is 59.3 Å². The third-order valence-electron chi connectivity index (χ3n) is 5.30. The van der Waals surface area contributed by atoms with E-state index >= 15 is 0 Å². The third-order valence-corrected chi connectivity index (χ3v) is 5.30. The number of anilines is 1. The summed E-state index contributed by atoms with van der Waals surface area (Å²) in [7, 11) is 4.77. The second-order valence-electron chi connectivity index (χ2n) is 7.10. The number of benzene rings is 2. The average molecular weight is 423 g/mol. The van der Waals surface area contributed by atoms with Gasteiger partial charge in [0.25, 0.3) is 0 Å². The predicted octanol–water partition coefficient (Wildman–Crippen LogP) is 3.53. The Kier molecular flexibility index (Phi) is 5.81. The second-order valence-corrected chi connectivity index (χ2v) is 7.10. The smallest absolute Gasteiger partial charge is 0.338 e. The highest BCUT2D eigenvalue weighted by molar-refractivity contribution is 5.94. The van der Waals surface area contributed by atoms with Gasteiger partial charge in [-0.2, -0.15) is 0 Å². The molecule has 8 nitrogen and oxygen atoms in total. The van der Waals surface area contributed by atoms with Crippen LogP contribution in [0.3, 0.4) is 0 Å². The van der Waals surface area contributed by atoms with Crippen molar-refractivity contribution in [1.82, 2.24) is 9.55 Å². The molecular formula is C23H25N3O5. The summed E-state index contributed by atoms with van der Waals surface area (Å²) < 4.78 is 23.6. The lowest BCUT2D eigenvalue weighted by atomic mass is 9.94. The van der Waals surface area contributed by atoms with E-state index in [0.717, 1.165) is 16.6 Å². The number of hydrogen-bond acceptors (Lipinski definition) is 7. The van der Waals surface area contributed by atoms with E-state index < -0.39 is 12.0 Å². The summed E-state index contributed by atoms with van der Waals surface area (Å²) in [6, 6.07) is 12.8. The van der Waals surface area contributed by atoms with Gasteiger partial charge in [-0.3, -0.25) is 4.57 Å². The van der Waals surface area contributed by atoms with Gasteiger partial charge in [0.15, 0.2) is 0 Å². The highest BCUT2D eigenvalue weighted by Gasteiger charge is 2.36. The fraction of sp³-hybridized carbons (Fsp3) is 0.304. The maximum Gasteiger partial charge on any atom is 0.338 e. The Morgan fingerprint density at radius 1 is 1.10 bits per heavy atom. The van der Waals surface area contributed by atoms with Crippen molar-refractivity contribution >= 4 is 23.0 Å². The number of ether oxygens (including phenoxy) is 4. The topological polar surface area (TPSA) is 83.8 Å². The molecular weight excluding hydrogens is 398 g/mol. The zero-order valence-electron chi connectivity index (χ0n) is 18.0. The molecule has 1 atom stereocenters. The van der Waals surface area contributed by atoms with Crippen molar-refractivity contribution in [2.45, 2.75) is 13.0 Å². The van der Waals surface area contributed by atoms with Crippen LogP contribution < -0.4 is 14.8 Å². The van der Waals surface area contributed by atoms with Crippen molar-refractivity contribution in [2.24, 2.45) is 0 Å². The fourth-order valence-corrected chi connectivity index (χ4v) is 3.87. The first-order valence-corrected chi connectivity index (χ1v) is 9.91. The number of rotatable bonds is 7. The zero-order valence-corrected chi connectivity index (χ0v) is 18.0. The lowest BCUT2D eigenvalue weighted by Gasteiger charge is -2.31. The molecule has 3 aromatic rings. The largest absolute Gasteiger partial charge is 0.497 e. The maximum absolute atomic E-state index is 13.2. The van der Waals surface area contributed by atoms with Gasteiger partial charge in [0.05, 0.1) is 43.5 Å². The van der Waals surface area contributed by atoms with Gasteiger partial charge in [0, 0.05) is 18.4 Å². The molecule has 0 saturated heterocycles. The molecule has 2 heterocycles. The Bertz CT molecular complexity index is 1150. The van der Waals surface area contributed by atoms with E-state index in [1.807, 2.05) is 54.0 Å². The van der Waals surface area contributed by atoms with Gasteiger partial charge in [0.1, 0.15) is 18.1 Å². The molecule has 0 bridgehead atoms. The van der Waals surface area contributed by atoms with Crippen LogP contribution in [-0.2, 0) is 14.3 Å². The van der Waals surface area contributed by atoms with E-state index in [1.165, 1.54) is 0 Å². The fourth-order valence-electron chi connectivity index (χ4n) is 3.87. The van der Waals surface area contributed by atoms with Crippen molar-refractivity contribution in [3.8, 4) is 11.5 Å².